The molecule has 1 aliphatic heterocycles. The van der Waals surface area contributed by atoms with E-state index < -0.39 is 68.3 Å². The Labute approximate surface area is 310 Å². The summed E-state index contributed by atoms with van der Waals surface area (Å²) < 4.78 is 22.6. The van der Waals surface area contributed by atoms with Gasteiger partial charge in [-0.25, -0.2) is 0 Å². The maximum absolute atomic E-state index is 11.0. The third-order valence-corrected chi connectivity index (χ3v) is 10.2. The molecule has 0 aromatic heterocycles. The van der Waals surface area contributed by atoms with E-state index in [4.69, 9.17) is 18.9 Å². The van der Waals surface area contributed by atoms with Crippen molar-refractivity contribution in [1.82, 2.24) is 0 Å². The number of unbranched alkanes of at least 4 members (excludes halogenated alkanes) is 22. The molecule has 0 amide bonds. The molecule has 0 saturated carbocycles. The quantitative estimate of drug-likeness (QED) is 0.0393. The molecule has 0 bridgehead atoms. The van der Waals surface area contributed by atoms with E-state index in [1.54, 1.807) is 0 Å². The Morgan fingerprint density at radius 2 is 0.941 bits per heavy atom. The Kier molecular flexibility index (Phi) is 31.4. The summed E-state index contributed by atoms with van der Waals surface area (Å²) in [5.74, 6) is 0. The van der Waals surface area contributed by atoms with Gasteiger partial charge in [-0.3, -0.25) is 0 Å². The van der Waals surface area contributed by atoms with Gasteiger partial charge < -0.3 is 54.7 Å². The van der Waals surface area contributed by atoms with Gasteiger partial charge in [0.15, 0.2) is 6.29 Å². The van der Waals surface area contributed by atoms with Crippen LogP contribution in [0.15, 0.2) is 0 Å². The average Bonchev–Trinajstić information content (AvgIpc) is 3.13. The van der Waals surface area contributed by atoms with Gasteiger partial charge in [0, 0.05) is 13.2 Å². The maximum atomic E-state index is 11.0. The minimum atomic E-state index is -1.66. The van der Waals surface area contributed by atoms with Gasteiger partial charge in [-0.2, -0.15) is 0 Å². The van der Waals surface area contributed by atoms with Gasteiger partial charge in [-0.05, 0) is 12.8 Å². The highest BCUT2D eigenvalue weighted by Gasteiger charge is 2.44. The van der Waals surface area contributed by atoms with E-state index in [9.17, 15) is 35.7 Å². The zero-order chi connectivity index (χ0) is 37.5. The van der Waals surface area contributed by atoms with Gasteiger partial charge in [0.25, 0.3) is 0 Å². The van der Waals surface area contributed by atoms with E-state index in [0.717, 1.165) is 32.1 Å². The highest BCUT2D eigenvalue weighted by molar-refractivity contribution is 4.89. The van der Waals surface area contributed by atoms with E-state index >= 15 is 0 Å². The van der Waals surface area contributed by atoms with Gasteiger partial charge in [0.05, 0.1) is 19.8 Å². The second-order valence-corrected chi connectivity index (χ2v) is 14.8. The summed E-state index contributed by atoms with van der Waals surface area (Å²) in [4.78, 5) is 0. The summed E-state index contributed by atoms with van der Waals surface area (Å²) >= 11 is 0. The molecule has 1 heterocycles. The van der Waals surface area contributed by atoms with Crippen LogP contribution in [0.4, 0.5) is 0 Å². The molecular weight excluding hydrogens is 656 g/mol. The van der Waals surface area contributed by atoms with Gasteiger partial charge >= 0.3 is 0 Å². The second kappa shape index (κ2) is 32.9. The van der Waals surface area contributed by atoms with Crippen LogP contribution in [0.1, 0.15) is 168 Å². The van der Waals surface area contributed by atoms with Crippen molar-refractivity contribution in [2.24, 2.45) is 0 Å². The van der Waals surface area contributed by atoms with E-state index in [-0.39, 0.29) is 6.61 Å². The number of hydrogen-bond acceptors (Lipinski definition) is 11. The second-order valence-electron chi connectivity index (χ2n) is 14.8. The summed E-state index contributed by atoms with van der Waals surface area (Å²) in [6.45, 7) is 4.29. The lowest BCUT2D eigenvalue weighted by Gasteiger charge is -2.40. The predicted molar refractivity (Wildman–Crippen MR) is 200 cm³/mol. The fraction of sp³-hybridized carbons (Fsp3) is 1.00. The first kappa shape index (κ1) is 48.6. The lowest BCUT2D eigenvalue weighted by atomic mass is 9.99. The van der Waals surface area contributed by atoms with Gasteiger partial charge in [-0.1, -0.05) is 155 Å². The van der Waals surface area contributed by atoms with Gasteiger partial charge in [0.2, 0.25) is 0 Å². The van der Waals surface area contributed by atoms with Crippen molar-refractivity contribution in [1.29, 1.82) is 0 Å². The standard InChI is InChI=1S/C40H80O11/c1-3-5-7-9-11-13-15-17-19-21-23-25-27-48-31-34(49-28-26-24-22-20-18-16-14-12-10-8-6-4-2)37(45)35(43)32(42)30-50-40-39(47)38(46)36(44)33(29-41)51-40/h32-47H,3-31H2,1-2H3/t32-,33-,34-,35-,36+,37-,38+,39-,40-/m1/s1. The van der Waals surface area contributed by atoms with Gasteiger partial charge in [-0.15, -0.1) is 0 Å². The summed E-state index contributed by atoms with van der Waals surface area (Å²) in [6, 6.07) is 0. The van der Waals surface area contributed by atoms with Crippen LogP contribution in [0.3, 0.4) is 0 Å². The molecule has 306 valence electrons. The molecule has 51 heavy (non-hydrogen) atoms. The van der Waals surface area contributed by atoms with E-state index in [1.807, 2.05) is 0 Å². The third kappa shape index (κ3) is 23.2. The van der Waals surface area contributed by atoms with Crippen LogP contribution in [0.5, 0.6) is 0 Å². The molecule has 11 nitrogen and oxygen atoms in total. The Morgan fingerprint density at radius 1 is 0.510 bits per heavy atom. The number of aliphatic hydroxyl groups is 7. The molecule has 0 aromatic carbocycles. The average molecular weight is 737 g/mol. The molecule has 0 aliphatic carbocycles. The van der Waals surface area contributed by atoms with Crippen molar-refractivity contribution in [3.63, 3.8) is 0 Å². The first-order valence-corrected chi connectivity index (χ1v) is 20.9. The van der Waals surface area contributed by atoms with Crippen molar-refractivity contribution in [3.05, 3.63) is 0 Å². The molecule has 1 fully saturated rings. The number of ether oxygens (including phenoxy) is 4. The topological polar surface area (TPSA) is 179 Å². The van der Waals surface area contributed by atoms with Crippen molar-refractivity contribution < 1.29 is 54.7 Å². The fourth-order valence-corrected chi connectivity index (χ4v) is 6.61. The first-order valence-electron chi connectivity index (χ1n) is 20.9. The minimum Gasteiger partial charge on any atom is -0.394 e. The van der Waals surface area contributed by atoms with Crippen LogP contribution in [-0.2, 0) is 18.9 Å². The van der Waals surface area contributed by atoms with E-state index in [1.165, 1.54) is 122 Å². The molecule has 9 atom stereocenters. The van der Waals surface area contributed by atoms with Crippen LogP contribution in [0.25, 0.3) is 0 Å². The molecule has 0 radical (unpaired) electrons. The maximum Gasteiger partial charge on any atom is 0.186 e. The molecule has 11 heteroatoms. The van der Waals surface area contributed by atoms with Crippen molar-refractivity contribution >= 4 is 0 Å². The van der Waals surface area contributed by atoms with Crippen molar-refractivity contribution in [2.45, 2.75) is 223 Å². The Morgan fingerprint density at radius 3 is 1.39 bits per heavy atom. The van der Waals surface area contributed by atoms with Crippen LogP contribution in [0.2, 0.25) is 0 Å². The van der Waals surface area contributed by atoms with Crippen LogP contribution < -0.4 is 0 Å². The van der Waals surface area contributed by atoms with Crippen LogP contribution >= 0.6 is 0 Å². The molecular formula is C40H80O11. The van der Waals surface area contributed by atoms with Crippen LogP contribution in [-0.4, -0.2) is 124 Å². The molecule has 0 spiro atoms. The Balaban J connectivity index is 2.44. The number of rotatable bonds is 36. The minimum absolute atomic E-state index is 0.0643. The molecule has 0 aromatic rings. The SMILES string of the molecule is CCCCCCCCCCCCCCOC[C@@H](OCCCCCCCCCCCCCC)[C@@H](O)[C@H](O)[C@H](O)CO[C@@H]1O[C@H](CO)[C@H](O)[C@H](O)[C@H]1O. The molecule has 1 saturated heterocycles. The smallest absolute Gasteiger partial charge is 0.186 e. The van der Waals surface area contributed by atoms with E-state index in [2.05, 4.69) is 13.8 Å². The lowest BCUT2D eigenvalue weighted by molar-refractivity contribution is -0.306. The highest BCUT2D eigenvalue weighted by Crippen LogP contribution is 2.23. The largest absolute Gasteiger partial charge is 0.394 e. The van der Waals surface area contributed by atoms with Crippen molar-refractivity contribution in [2.75, 3.05) is 33.0 Å². The van der Waals surface area contributed by atoms with Gasteiger partial charge in [0.1, 0.15) is 48.8 Å². The monoisotopic (exact) mass is 737 g/mol. The summed E-state index contributed by atoms with van der Waals surface area (Å²) in [5.41, 5.74) is 0. The summed E-state index contributed by atoms with van der Waals surface area (Å²) in [6.07, 6.45) is 16.6. The molecule has 7 N–H and O–H groups in total. The highest BCUT2D eigenvalue weighted by atomic mass is 16.7. The van der Waals surface area contributed by atoms with Crippen molar-refractivity contribution in [3.8, 4) is 0 Å². The Bertz CT molecular complexity index is 745. The number of hydrogen-bond donors (Lipinski definition) is 7. The molecule has 1 rings (SSSR count). The fourth-order valence-electron chi connectivity index (χ4n) is 6.61. The summed E-state index contributed by atoms with van der Waals surface area (Å²) in [7, 11) is 0. The molecule has 1 aliphatic rings. The Hall–Kier alpha value is -0.440. The molecule has 0 unspecified atom stereocenters. The van der Waals surface area contributed by atoms with E-state index in [0.29, 0.717) is 13.2 Å². The summed E-state index contributed by atoms with van der Waals surface area (Å²) in [5, 5.41) is 72.0. The zero-order valence-electron chi connectivity index (χ0n) is 32.5. The number of aliphatic hydroxyl groups excluding tert-OH is 7. The predicted octanol–water partition coefficient (Wildman–Crippen LogP) is 5.69. The normalized spacial score (nSPS) is 23.4. The lowest BCUT2D eigenvalue weighted by Crippen LogP contribution is -2.59. The zero-order valence-corrected chi connectivity index (χ0v) is 32.5. The third-order valence-electron chi connectivity index (χ3n) is 10.2. The first-order chi connectivity index (χ1) is 24.8. The van der Waals surface area contributed by atoms with Crippen LogP contribution in [0, 0.1) is 0 Å².